The average molecular weight is 190 g/mol. The van der Waals surface area contributed by atoms with Crippen molar-refractivity contribution in [3.05, 3.63) is 0 Å². The molecule has 2 nitrogen and oxygen atoms in total. The number of carboxylic acids is 1. The van der Waals surface area contributed by atoms with Crippen LogP contribution in [0.1, 0.15) is 34.1 Å². The van der Waals surface area contributed by atoms with Gasteiger partial charge >= 0.3 is 5.97 Å². The Hall–Kier alpha value is -0.180. The highest BCUT2D eigenvalue weighted by atomic mass is 32.2. The van der Waals surface area contributed by atoms with Gasteiger partial charge in [-0.2, -0.15) is 11.8 Å². The molecule has 0 aliphatic rings. The monoisotopic (exact) mass is 190 g/mol. The van der Waals surface area contributed by atoms with Crippen molar-refractivity contribution < 1.29 is 9.90 Å². The Kier molecular flexibility index (Phi) is 4.68. The van der Waals surface area contributed by atoms with Crippen LogP contribution in [-0.4, -0.2) is 22.1 Å². The van der Waals surface area contributed by atoms with E-state index in [1.165, 1.54) is 0 Å². The minimum Gasteiger partial charge on any atom is -0.481 e. The van der Waals surface area contributed by atoms with E-state index in [0.717, 1.165) is 12.2 Å². The predicted molar refractivity (Wildman–Crippen MR) is 53.6 cm³/mol. The highest BCUT2D eigenvalue weighted by Crippen LogP contribution is 2.24. The van der Waals surface area contributed by atoms with Crippen LogP contribution in [0.25, 0.3) is 0 Å². The number of hydrogen-bond acceptors (Lipinski definition) is 2. The molecule has 0 unspecified atom stereocenters. The van der Waals surface area contributed by atoms with Crippen molar-refractivity contribution in [1.29, 1.82) is 0 Å². The molecule has 12 heavy (non-hydrogen) atoms. The fourth-order valence-corrected chi connectivity index (χ4v) is 1.76. The molecule has 0 aliphatic heterocycles. The summed E-state index contributed by atoms with van der Waals surface area (Å²) < 4.78 is 0. The van der Waals surface area contributed by atoms with Crippen LogP contribution in [-0.2, 0) is 4.79 Å². The van der Waals surface area contributed by atoms with Crippen molar-refractivity contribution in [3.8, 4) is 0 Å². The maximum absolute atomic E-state index is 10.7. The summed E-state index contributed by atoms with van der Waals surface area (Å²) in [5, 5.41) is 9.39. The number of thioether (sulfide) groups is 1. The first-order chi connectivity index (χ1) is 5.36. The van der Waals surface area contributed by atoms with Gasteiger partial charge in [-0.25, -0.2) is 0 Å². The van der Waals surface area contributed by atoms with Gasteiger partial charge in [-0.3, -0.25) is 4.79 Å². The van der Waals surface area contributed by atoms with Crippen LogP contribution in [0.3, 0.4) is 0 Å². The van der Waals surface area contributed by atoms with Crippen molar-refractivity contribution >= 4 is 17.7 Å². The molecule has 0 atom stereocenters. The first-order valence-corrected chi connectivity index (χ1v) is 5.26. The summed E-state index contributed by atoms with van der Waals surface area (Å²) in [7, 11) is 0. The zero-order valence-electron chi connectivity index (χ0n) is 8.26. The highest BCUT2D eigenvalue weighted by molar-refractivity contribution is 7.99. The molecule has 0 rings (SSSR count). The second kappa shape index (κ2) is 4.75. The molecule has 0 amide bonds. The molecular weight excluding hydrogens is 172 g/mol. The zero-order chi connectivity index (χ0) is 9.78. The number of carboxylic acid groups (broad SMARTS) is 1. The third-order valence-corrected chi connectivity index (χ3v) is 2.86. The Bertz CT molecular complexity index is 153. The van der Waals surface area contributed by atoms with Gasteiger partial charge in [0.1, 0.15) is 0 Å². The summed E-state index contributed by atoms with van der Waals surface area (Å²) in [5.41, 5.74) is -0.568. The second-order valence-electron chi connectivity index (χ2n) is 3.86. The standard InChI is InChI=1S/C9H18O2S/c1-7(2)12-6-5-9(3,4)8(10)11/h7H,5-6H2,1-4H3,(H,10,11). The Balaban J connectivity index is 3.69. The van der Waals surface area contributed by atoms with Crippen LogP contribution in [0.15, 0.2) is 0 Å². The highest BCUT2D eigenvalue weighted by Gasteiger charge is 2.26. The Labute approximate surface area is 78.7 Å². The average Bonchev–Trinajstić information content (AvgIpc) is 1.85. The summed E-state index contributed by atoms with van der Waals surface area (Å²) in [6, 6.07) is 0. The maximum Gasteiger partial charge on any atom is 0.309 e. The first kappa shape index (κ1) is 11.8. The number of rotatable bonds is 5. The largest absolute Gasteiger partial charge is 0.481 e. The lowest BCUT2D eigenvalue weighted by molar-refractivity contribution is -0.146. The van der Waals surface area contributed by atoms with Gasteiger partial charge in [0.05, 0.1) is 5.41 Å². The SMILES string of the molecule is CC(C)SCCC(C)(C)C(=O)O. The third-order valence-electron chi connectivity index (χ3n) is 1.76. The molecule has 0 saturated heterocycles. The molecule has 0 aromatic carbocycles. The molecule has 0 aromatic heterocycles. The third kappa shape index (κ3) is 4.65. The van der Waals surface area contributed by atoms with Crippen LogP contribution in [0.4, 0.5) is 0 Å². The topological polar surface area (TPSA) is 37.3 Å². The molecule has 0 fully saturated rings. The van der Waals surface area contributed by atoms with Crippen molar-refractivity contribution in [2.75, 3.05) is 5.75 Å². The van der Waals surface area contributed by atoms with E-state index in [1.54, 1.807) is 13.8 Å². The van der Waals surface area contributed by atoms with Gasteiger partial charge in [-0.1, -0.05) is 13.8 Å². The van der Waals surface area contributed by atoms with Crippen molar-refractivity contribution in [1.82, 2.24) is 0 Å². The van der Waals surface area contributed by atoms with E-state index in [4.69, 9.17) is 5.11 Å². The minimum absolute atomic E-state index is 0.568. The van der Waals surface area contributed by atoms with Gasteiger partial charge in [0.15, 0.2) is 0 Å². The quantitative estimate of drug-likeness (QED) is 0.724. The maximum atomic E-state index is 10.7. The van der Waals surface area contributed by atoms with Crippen LogP contribution < -0.4 is 0 Å². The van der Waals surface area contributed by atoms with E-state index in [1.807, 2.05) is 11.8 Å². The van der Waals surface area contributed by atoms with E-state index < -0.39 is 11.4 Å². The van der Waals surface area contributed by atoms with Crippen molar-refractivity contribution in [2.45, 2.75) is 39.4 Å². The molecular formula is C9H18O2S. The lowest BCUT2D eigenvalue weighted by atomic mass is 9.91. The first-order valence-electron chi connectivity index (χ1n) is 4.21. The van der Waals surface area contributed by atoms with E-state index >= 15 is 0 Å². The normalized spacial score (nSPS) is 12.1. The molecule has 0 saturated carbocycles. The van der Waals surface area contributed by atoms with Crippen LogP contribution in [0.5, 0.6) is 0 Å². The number of carbonyl (C=O) groups is 1. The molecule has 0 radical (unpaired) electrons. The van der Waals surface area contributed by atoms with Crippen molar-refractivity contribution in [2.24, 2.45) is 5.41 Å². The van der Waals surface area contributed by atoms with Crippen LogP contribution >= 0.6 is 11.8 Å². The Morgan fingerprint density at radius 2 is 2.00 bits per heavy atom. The van der Waals surface area contributed by atoms with Gasteiger partial charge in [0.2, 0.25) is 0 Å². The Morgan fingerprint density at radius 1 is 1.50 bits per heavy atom. The lowest BCUT2D eigenvalue weighted by Gasteiger charge is -2.18. The number of hydrogen-bond donors (Lipinski definition) is 1. The van der Waals surface area contributed by atoms with Crippen LogP contribution in [0, 0.1) is 5.41 Å². The summed E-state index contributed by atoms with van der Waals surface area (Å²) in [6.07, 6.45) is 0.741. The fourth-order valence-electron chi connectivity index (χ4n) is 0.657. The van der Waals surface area contributed by atoms with E-state index in [9.17, 15) is 4.79 Å². The molecule has 0 heterocycles. The molecule has 0 aliphatic carbocycles. The molecule has 0 spiro atoms. The zero-order valence-corrected chi connectivity index (χ0v) is 9.07. The molecule has 72 valence electrons. The van der Waals surface area contributed by atoms with E-state index in [-0.39, 0.29) is 0 Å². The van der Waals surface area contributed by atoms with Gasteiger partial charge in [-0.05, 0) is 31.3 Å². The molecule has 1 N–H and O–H groups in total. The predicted octanol–water partition coefficient (Wildman–Crippen LogP) is 2.63. The second-order valence-corrected chi connectivity index (χ2v) is 5.54. The van der Waals surface area contributed by atoms with E-state index in [2.05, 4.69) is 13.8 Å². The minimum atomic E-state index is -0.702. The summed E-state index contributed by atoms with van der Waals surface area (Å²) in [4.78, 5) is 10.7. The molecule has 3 heteroatoms. The summed E-state index contributed by atoms with van der Waals surface area (Å²) >= 11 is 1.81. The Morgan fingerprint density at radius 3 is 2.33 bits per heavy atom. The van der Waals surface area contributed by atoms with Gasteiger partial charge in [-0.15, -0.1) is 0 Å². The summed E-state index contributed by atoms with van der Waals surface area (Å²) in [5.74, 6) is 0.226. The smallest absolute Gasteiger partial charge is 0.309 e. The molecule has 0 aromatic rings. The number of aliphatic carboxylic acids is 1. The van der Waals surface area contributed by atoms with Crippen molar-refractivity contribution in [3.63, 3.8) is 0 Å². The van der Waals surface area contributed by atoms with Gasteiger partial charge in [0, 0.05) is 0 Å². The summed E-state index contributed by atoms with van der Waals surface area (Å²) in [6.45, 7) is 7.79. The van der Waals surface area contributed by atoms with Crippen LogP contribution in [0.2, 0.25) is 0 Å². The lowest BCUT2D eigenvalue weighted by Crippen LogP contribution is -2.24. The fraction of sp³-hybridized carbons (Fsp3) is 0.889. The molecule has 0 bridgehead atoms. The van der Waals surface area contributed by atoms with Gasteiger partial charge < -0.3 is 5.11 Å². The van der Waals surface area contributed by atoms with Gasteiger partial charge in [0.25, 0.3) is 0 Å². The van der Waals surface area contributed by atoms with E-state index in [0.29, 0.717) is 5.25 Å².